The topological polar surface area (TPSA) is 97.1 Å². The predicted molar refractivity (Wildman–Crippen MR) is 102 cm³/mol. The van der Waals surface area contributed by atoms with E-state index in [1.54, 1.807) is 17.9 Å². The lowest BCUT2D eigenvalue weighted by molar-refractivity contribution is -0.131. The normalized spacial score (nSPS) is 33.5. The third-order valence-corrected chi connectivity index (χ3v) is 6.35. The van der Waals surface area contributed by atoms with Gasteiger partial charge in [0.05, 0.1) is 37.7 Å². The number of carbonyl (C=O) groups is 2. The molecule has 5 rings (SSSR count). The van der Waals surface area contributed by atoms with Crippen LogP contribution in [0, 0.1) is 18.8 Å². The number of rotatable bonds is 6. The zero-order valence-electron chi connectivity index (χ0n) is 16.5. The molecule has 4 atom stereocenters. The molecule has 1 N–H and O–H groups in total. The van der Waals surface area contributed by atoms with Crippen LogP contribution in [-0.2, 0) is 19.1 Å². The van der Waals surface area contributed by atoms with E-state index in [0.29, 0.717) is 24.7 Å². The second-order valence-electron chi connectivity index (χ2n) is 8.22. The quantitative estimate of drug-likeness (QED) is 0.533. The van der Waals surface area contributed by atoms with E-state index in [4.69, 9.17) is 14.0 Å². The van der Waals surface area contributed by atoms with Gasteiger partial charge in [0.2, 0.25) is 11.8 Å². The van der Waals surface area contributed by atoms with Crippen LogP contribution >= 0.6 is 0 Å². The van der Waals surface area contributed by atoms with Crippen LogP contribution in [0.3, 0.4) is 0 Å². The maximum absolute atomic E-state index is 13.2. The zero-order valence-corrected chi connectivity index (χ0v) is 16.5. The summed E-state index contributed by atoms with van der Waals surface area (Å²) in [6.07, 6.45) is 4.38. The van der Waals surface area contributed by atoms with E-state index in [0.717, 1.165) is 39.3 Å². The Labute approximate surface area is 169 Å². The molecule has 1 aromatic rings. The number of fused-ring (bicyclic) bond motifs is 1. The van der Waals surface area contributed by atoms with Gasteiger partial charge in [-0.25, -0.2) is 0 Å². The molecule has 4 aliphatic heterocycles. The number of morpholine rings is 1. The van der Waals surface area contributed by atoms with Crippen LogP contribution < -0.4 is 10.2 Å². The van der Waals surface area contributed by atoms with Crippen LogP contribution in [0.4, 0.5) is 5.82 Å². The van der Waals surface area contributed by atoms with E-state index in [9.17, 15) is 9.59 Å². The van der Waals surface area contributed by atoms with Crippen LogP contribution in [0.2, 0.25) is 0 Å². The van der Waals surface area contributed by atoms with Gasteiger partial charge in [-0.2, -0.15) is 0 Å². The first-order valence-electron chi connectivity index (χ1n) is 10.3. The first-order chi connectivity index (χ1) is 14.1. The van der Waals surface area contributed by atoms with E-state index in [1.165, 1.54) is 0 Å². The standard InChI is InChI=1S/C20H26N4O5/c1-13-11-15(22-29-13)24-12-20-4-3-14(28-20)16(17(20)19(24)26)18(25)21-5-2-6-23-7-9-27-10-8-23/h3-4,11,14,16-17H,2,5-10,12H2,1H3,(H,21,25)/t14-,16-,17-,20-/m1/s1. The Kier molecular flexibility index (Phi) is 4.68. The fraction of sp³-hybridized carbons (Fsp3) is 0.650. The molecule has 1 aromatic heterocycles. The van der Waals surface area contributed by atoms with E-state index in [1.807, 2.05) is 12.2 Å². The molecule has 2 amide bonds. The number of nitrogens with zero attached hydrogens (tertiary/aromatic N) is 3. The van der Waals surface area contributed by atoms with Gasteiger partial charge in [0, 0.05) is 25.7 Å². The van der Waals surface area contributed by atoms with Crippen molar-refractivity contribution in [3.05, 3.63) is 24.0 Å². The van der Waals surface area contributed by atoms with Crippen molar-refractivity contribution in [3.8, 4) is 0 Å². The molecule has 5 heterocycles. The Morgan fingerprint density at radius 1 is 1.38 bits per heavy atom. The molecule has 0 radical (unpaired) electrons. The molecule has 3 saturated heterocycles. The fourth-order valence-electron chi connectivity index (χ4n) is 4.93. The van der Waals surface area contributed by atoms with Crippen LogP contribution in [0.15, 0.2) is 22.7 Å². The van der Waals surface area contributed by atoms with Gasteiger partial charge in [0.15, 0.2) is 5.82 Å². The van der Waals surface area contributed by atoms with Crippen molar-refractivity contribution >= 4 is 17.6 Å². The summed E-state index contributed by atoms with van der Waals surface area (Å²) in [6, 6.07) is 1.73. The Morgan fingerprint density at radius 2 is 2.21 bits per heavy atom. The Hall–Kier alpha value is -2.23. The molecule has 29 heavy (non-hydrogen) atoms. The van der Waals surface area contributed by atoms with Gasteiger partial charge in [0.1, 0.15) is 11.4 Å². The lowest BCUT2D eigenvalue weighted by Gasteiger charge is -2.27. The number of hydrogen-bond acceptors (Lipinski definition) is 7. The van der Waals surface area contributed by atoms with Gasteiger partial charge in [-0.3, -0.25) is 19.4 Å². The van der Waals surface area contributed by atoms with Gasteiger partial charge in [-0.1, -0.05) is 17.3 Å². The lowest BCUT2D eigenvalue weighted by atomic mass is 9.77. The molecule has 9 nitrogen and oxygen atoms in total. The number of aryl methyl sites for hydroxylation is 1. The van der Waals surface area contributed by atoms with E-state index >= 15 is 0 Å². The number of anilines is 1. The van der Waals surface area contributed by atoms with Crippen LogP contribution in [-0.4, -0.2) is 79.5 Å². The minimum atomic E-state index is -0.746. The van der Waals surface area contributed by atoms with Gasteiger partial charge >= 0.3 is 0 Å². The smallest absolute Gasteiger partial charge is 0.235 e. The first kappa shape index (κ1) is 18.8. The van der Waals surface area contributed by atoms with Crippen molar-refractivity contribution in [2.45, 2.75) is 25.0 Å². The van der Waals surface area contributed by atoms with E-state index in [-0.39, 0.29) is 17.9 Å². The van der Waals surface area contributed by atoms with Crippen LogP contribution in [0.25, 0.3) is 0 Å². The number of amides is 2. The molecule has 2 bridgehead atoms. The summed E-state index contributed by atoms with van der Waals surface area (Å²) in [5.74, 6) is -0.153. The Balaban J connectivity index is 1.22. The monoisotopic (exact) mass is 402 g/mol. The predicted octanol–water partition coefficient (Wildman–Crippen LogP) is 0.108. The molecule has 4 aliphatic rings. The molecule has 0 aromatic carbocycles. The van der Waals surface area contributed by atoms with Crippen molar-refractivity contribution in [2.75, 3.05) is 50.8 Å². The van der Waals surface area contributed by atoms with Gasteiger partial charge in [-0.15, -0.1) is 0 Å². The molecular weight excluding hydrogens is 376 g/mol. The third kappa shape index (κ3) is 3.17. The highest BCUT2D eigenvalue weighted by Gasteiger charge is 2.67. The largest absolute Gasteiger partial charge is 0.379 e. The summed E-state index contributed by atoms with van der Waals surface area (Å²) in [5, 5.41) is 6.99. The summed E-state index contributed by atoms with van der Waals surface area (Å²) in [7, 11) is 0. The Morgan fingerprint density at radius 3 is 2.97 bits per heavy atom. The second-order valence-corrected chi connectivity index (χ2v) is 8.22. The van der Waals surface area contributed by atoms with Crippen molar-refractivity contribution < 1.29 is 23.6 Å². The average molecular weight is 402 g/mol. The Bertz CT molecular complexity index is 833. The van der Waals surface area contributed by atoms with Crippen LogP contribution in [0.1, 0.15) is 12.2 Å². The van der Waals surface area contributed by atoms with Gasteiger partial charge in [-0.05, 0) is 19.9 Å². The third-order valence-electron chi connectivity index (χ3n) is 6.35. The first-order valence-corrected chi connectivity index (χ1v) is 10.3. The molecule has 0 saturated carbocycles. The summed E-state index contributed by atoms with van der Waals surface area (Å²) in [4.78, 5) is 30.0. The number of carbonyl (C=O) groups excluding carboxylic acids is 2. The summed E-state index contributed by atoms with van der Waals surface area (Å²) >= 11 is 0. The molecular formula is C20H26N4O5. The van der Waals surface area contributed by atoms with Crippen molar-refractivity contribution in [2.24, 2.45) is 11.8 Å². The molecule has 9 heteroatoms. The fourth-order valence-corrected chi connectivity index (χ4v) is 4.93. The maximum Gasteiger partial charge on any atom is 0.235 e. The summed E-state index contributed by atoms with van der Waals surface area (Å²) in [6.45, 7) is 7.08. The molecule has 0 unspecified atom stereocenters. The summed E-state index contributed by atoms with van der Waals surface area (Å²) < 4.78 is 16.6. The zero-order chi connectivity index (χ0) is 20.0. The maximum atomic E-state index is 13.2. The lowest BCUT2D eigenvalue weighted by Crippen LogP contribution is -2.45. The molecule has 3 fully saturated rings. The molecule has 0 aliphatic carbocycles. The molecule has 1 spiro atoms. The van der Waals surface area contributed by atoms with Gasteiger partial charge in [0.25, 0.3) is 0 Å². The van der Waals surface area contributed by atoms with Crippen LogP contribution in [0.5, 0.6) is 0 Å². The van der Waals surface area contributed by atoms with Crippen molar-refractivity contribution in [1.29, 1.82) is 0 Å². The SMILES string of the molecule is Cc1cc(N2C[C@@]34C=C[C@@H](O3)[C@@H](C(=O)NCCCN3CCOCC3)[C@@H]4C2=O)no1. The minimum Gasteiger partial charge on any atom is -0.379 e. The highest BCUT2D eigenvalue weighted by Crippen LogP contribution is 2.52. The highest BCUT2D eigenvalue weighted by atomic mass is 16.5. The second kappa shape index (κ2) is 7.23. The van der Waals surface area contributed by atoms with Gasteiger partial charge < -0.3 is 19.3 Å². The number of aromatic nitrogens is 1. The number of hydrogen-bond donors (Lipinski definition) is 1. The van der Waals surface area contributed by atoms with Crippen molar-refractivity contribution in [1.82, 2.24) is 15.4 Å². The number of ether oxygens (including phenoxy) is 2. The number of nitrogens with one attached hydrogen (secondary N) is 1. The minimum absolute atomic E-state index is 0.111. The van der Waals surface area contributed by atoms with E-state index < -0.39 is 17.4 Å². The van der Waals surface area contributed by atoms with E-state index in [2.05, 4.69) is 15.4 Å². The highest BCUT2D eigenvalue weighted by molar-refractivity contribution is 6.02. The summed E-state index contributed by atoms with van der Waals surface area (Å²) in [5.41, 5.74) is -0.746. The molecule has 156 valence electrons. The van der Waals surface area contributed by atoms with Crippen molar-refractivity contribution in [3.63, 3.8) is 0 Å². The average Bonchev–Trinajstić information content (AvgIpc) is 3.47.